The van der Waals surface area contributed by atoms with E-state index < -0.39 is 0 Å². The predicted molar refractivity (Wildman–Crippen MR) is 160 cm³/mol. The molecule has 4 heterocycles. The molecular weight excluding hydrogens is 616 g/mol. The highest BCUT2D eigenvalue weighted by Gasteiger charge is 2.23. The number of aromatic nitrogens is 6. The Morgan fingerprint density at radius 2 is 2.05 bits per heavy atom. The van der Waals surface area contributed by atoms with Gasteiger partial charge in [-0.15, -0.1) is 5.10 Å². The molecule has 4 aromatic rings. The zero-order valence-corrected chi connectivity index (χ0v) is 25.1. The van der Waals surface area contributed by atoms with Gasteiger partial charge in [-0.25, -0.2) is 9.55 Å². The van der Waals surface area contributed by atoms with E-state index in [9.17, 15) is 5.11 Å². The van der Waals surface area contributed by atoms with Crippen LogP contribution in [0.4, 0.5) is 0 Å². The second kappa shape index (κ2) is 11.7. The molecular formula is C26H33IN7O3P. The summed E-state index contributed by atoms with van der Waals surface area (Å²) in [6.07, 6.45) is 6.33. The number of nitrogens with one attached hydrogen (secondary N) is 1. The van der Waals surface area contributed by atoms with E-state index >= 15 is 0 Å². The monoisotopic (exact) mass is 649 g/mol. The maximum absolute atomic E-state index is 9.80. The Balaban J connectivity index is 1.71. The van der Waals surface area contributed by atoms with Gasteiger partial charge in [-0.2, -0.15) is 10.2 Å². The highest BCUT2D eigenvalue weighted by molar-refractivity contribution is 14.2. The van der Waals surface area contributed by atoms with Crippen LogP contribution in [0.2, 0.25) is 0 Å². The molecule has 38 heavy (non-hydrogen) atoms. The van der Waals surface area contributed by atoms with Crippen LogP contribution in [0.1, 0.15) is 44.6 Å². The molecule has 1 aliphatic heterocycles. The molecule has 202 valence electrons. The van der Waals surface area contributed by atoms with Gasteiger partial charge in [-0.05, 0) is 79.6 Å². The number of halogens is 1. The lowest BCUT2D eigenvalue weighted by atomic mass is 10.1. The van der Waals surface area contributed by atoms with Crippen molar-refractivity contribution in [2.24, 2.45) is 0 Å². The summed E-state index contributed by atoms with van der Waals surface area (Å²) in [6.45, 7) is 10.5. The molecule has 0 amide bonds. The molecule has 0 spiro atoms. The third kappa shape index (κ3) is 5.47. The molecule has 0 radical (unpaired) electrons. The molecule has 3 aromatic heterocycles. The quantitative estimate of drug-likeness (QED) is 0.225. The minimum Gasteiger partial charge on any atom is -0.476 e. The van der Waals surface area contributed by atoms with Gasteiger partial charge in [0.25, 0.3) is 0 Å². The number of aliphatic hydroxyl groups excluding tert-OH is 1. The summed E-state index contributed by atoms with van der Waals surface area (Å²) in [5.74, 6) is 1.21. The van der Waals surface area contributed by atoms with Gasteiger partial charge in [-0.1, -0.05) is 6.07 Å². The fourth-order valence-corrected chi connectivity index (χ4v) is 6.17. The minimum atomic E-state index is -0.0402. The summed E-state index contributed by atoms with van der Waals surface area (Å²) in [5, 5.41) is 27.8. The number of aromatic amines is 1. The van der Waals surface area contributed by atoms with Crippen molar-refractivity contribution in [3.05, 3.63) is 41.3 Å². The lowest BCUT2D eigenvalue weighted by Crippen LogP contribution is -2.35. The summed E-state index contributed by atoms with van der Waals surface area (Å²) in [7, 11) is 0. The van der Waals surface area contributed by atoms with Crippen molar-refractivity contribution in [2.45, 2.75) is 52.9 Å². The molecule has 1 atom stereocenters. The number of fused-ring (bicyclic) bond motifs is 4. The Labute approximate surface area is 236 Å². The highest BCUT2D eigenvalue weighted by atomic mass is 127. The number of H-pyrrole nitrogens is 1. The van der Waals surface area contributed by atoms with Crippen molar-refractivity contribution in [1.29, 1.82) is 0 Å². The number of nitrogens with zero attached hydrogens (tertiary/aromatic N) is 6. The van der Waals surface area contributed by atoms with Crippen LogP contribution in [0.15, 0.2) is 24.4 Å². The van der Waals surface area contributed by atoms with Crippen molar-refractivity contribution < 1.29 is 14.6 Å². The zero-order chi connectivity index (χ0) is 26.8. The number of hydrogen-bond acceptors (Lipinski definition) is 7. The summed E-state index contributed by atoms with van der Waals surface area (Å²) in [5.41, 5.74) is 5.76. The number of ether oxygens (including phenoxy) is 2. The van der Waals surface area contributed by atoms with Crippen LogP contribution in [0.25, 0.3) is 34.2 Å². The van der Waals surface area contributed by atoms with E-state index in [-0.39, 0.29) is 18.8 Å². The fourth-order valence-electron chi connectivity index (χ4n) is 4.64. The van der Waals surface area contributed by atoms with Gasteiger partial charge in [0.05, 0.1) is 59.9 Å². The van der Waals surface area contributed by atoms with Crippen LogP contribution in [-0.2, 0) is 13.1 Å². The van der Waals surface area contributed by atoms with Crippen LogP contribution in [-0.4, -0.2) is 71.4 Å². The average Bonchev–Trinajstić information content (AvgIpc) is 3.57. The van der Waals surface area contributed by atoms with Gasteiger partial charge in [0.2, 0.25) is 11.8 Å². The molecule has 1 aliphatic rings. The third-order valence-electron chi connectivity index (χ3n) is 6.54. The molecule has 0 fully saturated rings. The maximum Gasteiger partial charge on any atom is 0.240 e. The van der Waals surface area contributed by atoms with E-state index in [1.54, 1.807) is 0 Å². The number of hydrogen-bond donors (Lipinski definition) is 2. The number of rotatable bonds is 6. The molecule has 1 unspecified atom stereocenters. The van der Waals surface area contributed by atoms with Crippen molar-refractivity contribution in [3.63, 3.8) is 0 Å². The largest absolute Gasteiger partial charge is 0.476 e. The Kier molecular flexibility index (Phi) is 8.37. The lowest BCUT2D eigenvalue weighted by Gasteiger charge is -2.27. The fraction of sp³-hybridized carbons (Fsp3) is 0.423. The SMILES string of the molecule is CC(C)Oc1nn(CCO)c2c1/C=C/c1nn(PI)c3ccc(cc13)-c1cn[nH]c1OCCN(C(C)C)C2. The molecule has 0 aliphatic carbocycles. The van der Waals surface area contributed by atoms with Gasteiger partial charge in [-0.3, -0.25) is 9.58 Å². The van der Waals surface area contributed by atoms with E-state index in [4.69, 9.17) is 19.7 Å². The van der Waals surface area contributed by atoms with E-state index in [0.29, 0.717) is 44.4 Å². The highest BCUT2D eigenvalue weighted by Crippen LogP contribution is 2.36. The van der Waals surface area contributed by atoms with E-state index in [1.165, 1.54) is 0 Å². The van der Waals surface area contributed by atoms with Gasteiger partial charge in [0.1, 0.15) is 6.61 Å². The van der Waals surface area contributed by atoms with Crippen molar-refractivity contribution >= 4 is 51.5 Å². The lowest BCUT2D eigenvalue weighted by molar-refractivity contribution is 0.161. The van der Waals surface area contributed by atoms with Crippen molar-refractivity contribution in [2.75, 3.05) is 19.8 Å². The first kappa shape index (κ1) is 27.1. The number of benzene rings is 1. The van der Waals surface area contributed by atoms with Gasteiger partial charge >= 0.3 is 0 Å². The zero-order valence-electron chi connectivity index (χ0n) is 22.0. The first-order valence-electron chi connectivity index (χ1n) is 12.7. The van der Waals surface area contributed by atoms with Gasteiger partial charge in [0.15, 0.2) is 0 Å². The molecule has 12 heteroatoms. The first-order valence-corrected chi connectivity index (χ1v) is 16.8. The molecule has 5 rings (SSSR count). The second-order valence-corrected chi connectivity index (χ2v) is 11.8. The van der Waals surface area contributed by atoms with E-state index in [0.717, 1.165) is 39.0 Å². The molecule has 2 bridgehead atoms. The Bertz CT molecular complexity index is 1440. The Hall–Kier alpha value is -2.47. The first-order chi connectivity index (χ1) is 18.4. The van der Waals surface area contributed by atoms with Crippen LogP contribution < -0.4 is 9.47 Å². The Morgan fingerprint density at radius 1 is 1.21 bits per heavy atom. The van der Waals surface area contributed by atoms with Crippen LogP contribution in [0.3, 0.4) is 0 Å². The molecule has 0 saturated heterocycles. The number of aliphatic hydroxyl groups is 1. The predicted octanol–water partition coefficient (Wildman–Crippen LogP) is 4.97. The van der Waals surface area contributed by atoms with Crippen molar-refractivity contribution in [3.8, 4) is 22.9 Å². The third-order valence-corrected chi connectivity index (χ3v) is 8.42. The van der Waals surface area contributed by atoms with E-state index in [1.807, 2.05) is 35.3 Å². The van der Waals surface area contributed by atoms with Crippen LogP contribution in [0.5, 0.6) is 11.8 Å². The Morgan fingerprint density at radius 3 is 2.79 bits per heavy atom. The second-order valence-electron chi connectivity index (χ2n) is 9.75. The summed E-state index contributed by atoms with van der Waals surface area (Å²) in [4.78, 5) is 2.33. The summed E-state index contributed by atoms with van der Waals surface area (Å²) >= 11 is 2.35. The molecule has 0 saturated carbocycles. The van der Waals surface area contributed by atoms with Crippen LogP contribution in [0, 0.1) is 0 Å². The molecule has 2 N–H and O–H groups in total. The average molecular weight is 649 g/mol. The van der Waals surface area contributed by atoms with Crippen LogP contribution >= 0.6 is 28.4 Å². The summed E-state index contributed by atoms with van der Waals surface area (Å²) < 4.78 is 16.3. The van der Waals surface area contributed by atoms with Gasteiger partial charge in [0, 0.05) is 24.5 Å². The van der Waals surface area contributed by atoms with Crippen molar-refractivity contribution in [1.82, 2.24) is 34.4 Å². The normalized spacial score (nSPS) is 15.7. The topological polar surface area (TPSA) is 106 Å². The summed E-state index contributed by atoms with van der Waals surface area (Å²) in [6, 6.07) is 6.60. The van der Waals surface area contributed by atoms with Gasteiger partial charge < -0.3 is 14.6 Å². The maximum atomic E-state index is 9.80. The molecule has 10 nitrogen and oxygen atoms in total. The minimum absolute atomic E-state index is 0.0131. The molecule has 1 aromatic carbocycles. The standard InChI is InChI=1S/C26H33IN7O3P/c1-16(2)32-10-12-36-25-21(14-28-29-25)18-5-8-23-20(13-18)22(30-34(23)38-27)7-6-19-24(15-32)33(9-11-35)31-26(19)37-17(3)4/h5-8,13-14,16-17,35,38H,9-12,15H2,1-4H3,(H,28,29)/b7-6+. The smallest absolute Gasteiger partial charge is 0.240 e. The van der Waals surface area contributed by atoms with E-state index in [2.05, 4.69) is 75.3 Å².